The molecule has 2 aliphatic rings. The third-order valence-corrected chi connectivity index (χ3v) is 4.12. The summed E-state index contributed by atoms with van der Waals surface area (Å²) >= 11 is 0. The molecule has 1 saturated carbocycles. The van der Waals surface area contributed by atoms with Crippen molar-refractivity contribution >= 4 is 6.03 Å². The molecule has 1 aliphatic carbocycles. The van der Waals surface area contributed by atoms with E-state index in [1.165, 1.54) is 12.1 Å². The van der Waals surface area contributed by atoms with Crippen LogP contribution in [0, 0.1) is 0 Å². The highest BCUT2D eigenvalue weighted by atomic mass is 19.4. The van der Waals surface area contributed by atoms with E-state index in [2.05, 4.69) is 10.3 Å². The van der Waals surface area contributed by atoms with E-state index in [9.17, 15) is 18.0 Å². The molecule has 0 aromatic carbocycles. The molecule has 5 nitrogen and oxygen atoms in total. The molecule has 1 aromatic heterocycles. The molecule has 0 bridgehead atoms. The van der Waals surface area contributed by atoms with Gasteiger partial charge >= 0.3 is 12.2 Å². The Hall–Kier alpha value is -1.99. The summed E-state index contributed by atoms with van der Waals surface area (Å²) in [7, 11) is 0. The van der Waals surface area contributed by atoms with Crippen LogP contribution in [-0.2, 0) is 6.18 Å². The number of amides is 2. The number of urea groups is 1. The fraction of sp³-hybridized carbons (Fsp3) is 0.600. The largest absolute Gasteiger partial charge is 0.471 e. The number of hydrogen-bond donors (Lipinski definition) is 1. The number of ether oxygens (including phenoxy) is 1. The Labute approximate surface area is 131 Å². The number of nitrogens with one attached hydrogen (secondary N) is 1. The second-order valence-electron chi connectivity index (χ2n) is 5.93. The van der Waals surface area contributed by atoms with Gasteiger partial charge in [-0.1, -0.05) is 18.9 Å². The molecule has 2 heterocycles. The quantitative estimate of drug-likeness (QED) is 0.928. The third-order valence-electron chi connectivity index (χ3n) is 4.12. The highest BCUT2D eigenvalue weighted by molar-refractivity contribution is 5.75. The fourth-order valence-corrected chi connectivity index (χ4v) is 2.82. The zero-order chi connectivity index (χ0) is 16.4. The maximum atomic E-state index is 12.6. The van der Waals surface area contributed by atoms with Gasteiger partial charge in [-0.25, -0.2) is 9.78 Å². The van der Waals surface area contributed by atoms with Crippen molar-refractivity contribution in [2.45, 2.75) is 44.0 Å². The Bertz CT molecular complexity index is 567. The molecule has 0 unspecified atom stereocenters. The van der Waals surface area contributed by atoms with Crippen molar-refractivity contribution in [3.8, 4) is 5.88 Å². The van der Waals surface area contributed by atoms with Crippen LogP contribution in [-0.4, -0.2) is 41.2 Å². The second kappa shape index (κ2) is 6.25. The van der Waals surface area contributed by atoms with Crippen molar-refractivity contribution in [1.29, 1.82) is 0 Å². The number of halogens is 3. The van der Waals surface area contributed by atoms with E-state index in [-0.39, 0.29) is 24.1 Å². The van der Waals surface area contributed by atoms with Gasteiger partial charge in [0.05, 0.1) is 13.1 Å². The number of nitrogens with zero attached hydrogens (tertiary/aromatic N) is 2. The first-order valence-electron chi connectivity index (χ1n) is 7.68. The van der Waals surface area contributed by atoms with Crippen LogP contribution in [0.25, 0.3) is 0 Å². The molecule has 2 fully saturated rings. The summed E-state index contributed by atoms with van der Waals surface area (Å²) in [5.41, 5.74) is -0.981. The molecular formula is C15H18F3N3O2. The summed E-state index contributed by atoms with van der Waals surface area (Å²) in [5, 5.41) is 2.96. The van der Waals surface area contributed by atoms with Crippen molar-refractivity contribution in [2.24, 2.45) is 0 Å². The van der Waals surface area contributed by atoms with Crippen LogP contribution >= 0.6 is 0 Å². The molecule has 8 heteroatoms. The summed E-state index contributed by atoms with van der Waals surface area (Å²) < 4.78 is 43.2. The number of carbonyl (C=O) groups is 1. The molecule has 1 aliphatic heterocycles. The van der Waals surface area contributed by atoms with Crippen molar-refractivity contribution in [3.05, 3.63) is 23.9 Å². The molecule has 1 saturated heterocycles. The Morgan fingerprint density at radius 2 is 1.96 bits per heavy atom. The van der Waals surface area contributed by atoms with Gasteiger partial charge in [0, 0.05) is 12.1 Å². The van der Waals surface area contributed by atoms with Crippen molar-refractivity contribution in [3.63, 3.8) is 0 Å². The van der Waals surface area contributed by atoms with Gasteiger partial charge < -0.3 is 15.0 Å². The van der Waals surface area contributed by atoms with Crippen LogP contribution in [0.15, 0.2) is 18.2 Å². The SMILES string of the molecule is O=C(NC1CCCC1)N1CC(Oc2cccc(C(F)(F)F)n2)C1. The molecule has 0 atom stereocenters. The summed E-state index contributed by atoms with van der Waals surface area (Å²) in [4.78, 5) is 17.0. The third kappa shape index (κ3) is 3.86. The first kappa shape index (κ1) is 15.9. The van der Waals surface area contributed by atoms with E-state index >= 15 is 0 Å². The van der Waals surface area contributed by atoms with Crippen molar-refractivity contribution in [1.82, 2.24) is 15.2 Å². The number of carbonyl (C=O) groups excluding carboxylic acids is 1. The molecule has 23 heavy (non-hydrogen) atoms. The van der Waals surface area contributed by atoms with E-state index in [4.69, 9.17) is 4.74 Å². The molecule has 0 spiro atoms. The van der Waals surface area contributed by atoms with E-state index in [1.807, 2.05) is 0 Å². The molecule has 2 amide bonds. The molecule has 126 valence electrons. The lowest BCUT2D eigenvalue weighted by Gasteiger charge is -2.39. The topological polar surface area (TPSA) is 54.5 Å². The maximum Gasteiger partial charge on any atom is 0.433 e. The summed E-state index contributed by atoms with van der Waals surface area (Å²) in [6.45, 7) is 0.715. The minimum atomic E-state index is -4.49. The molecular weight excluding hydrogens is 311 g/mol. The normalized spacial score (nSPS) is 19.5. The predicted molar refractivity (Wildman–Crippen MR) is 76.0 cm³/mol. The van der Waals surface area contributed by atoms with Crippen molar-refractivity contribution in [2.75, 3.05) is 13.1 Å². The lowest BCUT2D eigenvalue weighted by atomic mass is 10.2. The number of aromatic nitrogens is 1. The molecule has 0 radical (unpaired) electrons. The number of pyridine rings is 1. The first-order valence-corrected chi connectivity index (χ1v) is 7.68. The number of alkyl halides is 3. The number of hydrogen-bond acceptors (Lipinski definition) is 3. The Morgan fingerprint density at radius 3 is 2.61 bits per heavy atom. The van der Waals surface area contributed by atoms with Gasteiger partial charge in [-0.3, -0.25) is 0 Å². The monoisotopic (exact) mass is 329 g/mol. The standard InChI is InChI=1S/C15H18F3N3O2/c16-15(17,18)12-6-3-7-13(20-12)23-11-8-21(9-11)14(22)19-10-4-1-2-5-10/h3,6-7,10-11H,1-2,4-5,8-9H2,(H,19,22). The van der Waals surface area contributed by atoms with Crippen LogP contribution in [0.1, 0.15) is 31.4 Å². The smallest absolute Gasteiger partial charge is 0.433 e. The van der Waals surface area contributed by atoms with Gasteiger partial charge in [0.2, 0.25) is 5.88 Å². The highest BCUT2D eigenvalue weighted by Gasteiger charge is 2.35. The van der Waals surface area contributed by atoms with Crippen molar-refractivity contribution < 1.29 is 22.7 Å². The van der Waals surface area contributed by atoms with E-state index in [1.54, 1.807) is 4.90 Å². The summed E-state index contributed by atoms with van der Waals surface area (Å²) in [6, 6.07) is 3.65. The molecule has 1 N–H and O–H groups in total. The van der Waals surface area contributed by atoms with Gasteiger partial charge in [0.1, 0.15) is 11.8 Å². The molecule has 1 aromatic rings. The van der Waals surface area contributed by atoms with Gasteiger partial charge in [-0.2, -0.15) is 13.2 Å². The lowest BCUT2D eigenvalue weighted by Crippen LogP contribution is -2.59. The van der Waals surface area contributed by atoms with Gasteiger partial charge in [0.25, 0.3) is 0 Å². The van der Waals surface area contributed by atoms with Crippen LogP contribution in [0.5, 0.6) is 5.88 Å². The second-order valence-corrected chi connectivity index (χ2v) is 5.93. The predicted octanol–water partition coefficient (Wildman–Crippen LogP) is 2.82. The van der Waals surface area contributed by atoms with E-state index in [0.29, 0.717) is 13.1 Å². The molecule has 3 rings (SSSR count). The Kier molecular flexibility index (Phi) is 4.32. The highest BCUT2D eigenvalue weighted by Crippen LogP contribution is 2.29. The van der Waals surface area contributed by atoms with Crippen LogP contribution in [0.3, 0.4) is 0 Å². The van der Waals surface area contributed by atoms with Gasteiger partial charge in [-0.05, 0) is 18.9 Å². The number of likely N-dealkylation sites (tertiary alicyclic amines) is 1. The number of rotatable bonds is 3. The summed E-state index contributed by atoms with van der Waals surface area (Å²) in [5.74, 6) is -0.0688. The average Bonchev–Trinajstić information content (AvgIpc) is 2.94. The summed E-state index contributed by atoms with van der Waals surface area (Å²) in [6.07, 6.45) is -0.524. The maximum absolute atomic E-state index is 12.6. The zero-order valence-corrected chi connectivity index (χ0v) is 12.5. The Balaban J connectivity index is 1.47. The lowest BCUT2D eigenvalue weighted by molar-refractivity contribution is -0.141. The Morgan fingerprint density at radius 1 is 1.26 bits per heavy atom. The van der Waals surface area contributed by atoms with E-state index < -0.39 is 11.9 Å². The zero-order valence-electron chi connectivity index (χ0n) is 12.5. The first-order chi connectivity index (χ1) is 10.9. The van der Waals surface area contributed by atoms with Crippen LogP contribution < -0.4 is 10.1 Å². The minimum Gasteiger partial charge on any atom is -0.471 e. The average molecular weight is 329 g/mol. The fourth-order valence-electron chi connectivity index (χ4n) is 2.82. The minimum absolute atomic E-state index is 0.0688. The van der Waals surface area contributed by atoms with Gasteiger partial charge in [0.15, 0.2) is 0 Å². The van der Waals surface area contributed by atoms with Gasteiger partial charge in [-0.15, -0.1) is 0 Å². The van der Waals surface area contributed by atoms with Crippen LogP contribution in [0.4, 0.5) is 18.0 Å². The van der Waals surface area contributed by atoms with E-state index in [0.717, 1.165) is 31.7 Å². The van der Waals surface area contributed by atoms with Crippen LogP contribution in [0.2, 0.25) is 0 Å².